The van der Waals surface area contributed by atoms with Crippen molar-refractivity contribution < 1.29 is 22.7 Å². The molecule has 0 saturated carbocycles. The number of rotatable bonds is 6. The number of nitrogens with zero attached hydrogens (tertiary/aromatic N) is 2. The van der Waals surface area contributed by atoms with Gasteiger partial charge in [0, 0.05) is 29.9 Å². The Bertz CT molecular complexity index is 864. The van der Waals surface area contributed by atoms with E-state index in [4.69, 9.17) is 16.3 Å². The number of hydrogen-bond donors (Lipinski definition) is 1. The number of halogens is 1. The molecular weight excluding hydrogens is 426 g/mol. The number of morpholine rings is 1. The zero-order chi connectivity index (χ0) is 20.3. The zero-order valence-electron chi connectivity index (χ0n) is 15.3. The van der Waals surface area contributed by atoms with Crippen molar-refractivity contribution in [1.29, 1.82) is 0 Å². The van der Waals surface area contributed by atoms with E-state index in [1.54, 1.807) is 24.0 Å². The maximum Gasteiger partial charge on any atom is 0.245 e. The Hall–Kier alpha value is -1.46. The number of hydrogen-bond acceptors (Lipinski definition) is 6. The second kappa shape index (κ2) is 8.91. The SMILES string of the molecule is CC(C(=O)N1CCOCC1)N1CC[C@H](NS(=O)(=O)C=Cc2ccc(Cl)s2)C1=O. The van der Waals surface area contributed by atoms with Gasteiger partial charge in [0.15, 0.2) is 0 Å². The van der Waals surface area contributed by atoms with E-state index in [1.165, 1.54) is 22.3 Å². The van der Waals surface area contributed by atoms with Gasteiger partial charge in [0.1, 0.15) is 12.1 Å². The van der Waals surface area contributed by atoms with Crippen LogP contribution >= 0.6 is 22.9 Å². The summed E-state index contributed by atoms with van der Waals surface area (Å²) in [7, 11) is -3.80. The molecule has 1 aromatic heterocycles. The molecule has 0 aliphatic carbocycles. The Morgan fingerprint density at radius 2 is 2.07 bits per heavy atom. The number of thiophene rings is 1. The van der Waals surface area contributed by atoms with E-state index in [9.17, 15) is 18.0 Å². The van der Waals surface area contributed by atoms with E-state index in [0.717, 1.165) is 5.41 Å². The molecule has 8 nitrogen and oxygen atoms in total. The van der Waals surface area contributed by atoms with Gasteiger partial charge >= 0.3 is 0 Å². The van der Waals surface area contributed by atoms with Crippen LogP contribution in [0, 0.1) is 0 Å². The highest BCUT2D eigenvalue weighted by molar-refractivity contribution is 7.92. The molecule has 11 heteroatoms. The van der Waals surface area contributed by atoms with Crippen molar-refractivity contribution in [2.75, 3.05) is 32.8 Å². The van der Waals surface area contributed by atoms with Crippen molar-refractivity contribution in [1.82, 2.24) is 14.5 Å². The Balaban J connectivity index is 1.59. The Labute approximate surface area is 173 Å². The highest BCUT2D eigenvalue weighted by Crippen LogP contribution is 2.23. The lowest BCUT2D eigenvalue weighted by Crippen LogP contribution is -2.52. The average molecular weight is 448 g/mol. The summed E-state index contributed by atoms with van der Waals surface area (Å²) in [6, 6.07) is 1.88. The Kier molecular flexibility index (Phi) is 6.77. The topological polar surface area (TPSA) is 96.0 Å². The monoisotopic (exact) mass is 447 g/mol. The average Bonchev–Trinajstić information content (AvgIpc) is 3.25. The number of carbonyl (C=O) groups excluding carboxylic acids is 2. The van der Waals surface area contributed by atoms with Gasteiger partial charge in [0.2, 0.25) is 21.8 Å². The molecule has 2 fully saturated rings. The van der Waals surface area contributed by atoms with E-state index in [2.05, 4.69) is 4.72 Å². The first kappa shape index (κ1) is 21.3. The molecule has 28 heavy (non-hydrogen) atoms. The minimum Gasteiger partial charge on any atom is -0.378 e. The molecule has 0 radical (unpaired) electrons. The van der Waals surface area contributed by atoms with Crippen LogP contribution in [-0.2, 0) is 24.3 Å². The second-order valence-corrected chi connectivity index (χ2v) is 9.94. The fourth-order valence-electron chi connectivity index (χ4n) is 3.19. The fourth-order valence-corrected chi connectivity index (χ4v) is 5.26. The number of nitrogens with one attached hydrogen (secondary N) is 1. The summed E-state index contributed by atoms with van der Waals surface area (Å²) in [6.45, 7) is 3.96. The molecule has 154 valence electrons. The van der Waals surface area contributed by atoms with E-state index in [1.807, 2.05) is 0 Å². The lowest BCUT2D eigenvalue weighted by molar-refractivity contribution is -0.146. The minimum atomic E-state index is -3.80. The summed E-state index contributed by atoms with van der Waals surface area (Å²) < 4.78 is 32.8. The van der Waals surface area contributed by atoms with Crippen LogP contribution in [-0.4, -0.2) is 75.0 Å². The van der Waals surface area contributed by atoms with Crippen molar-refractivity contribution >= 4 is 50.9 Å². The Morgan fingerprint density at radius 3 is 2.71 bits per heavy atom. The van der Waals surface area contributed by atoms with Gasteiger partial charge in [0.05, 0.1) is 17.6 Å². The number of sulfonamides is 1. The van der Waals surface area contributed by atoms with Crippen LogP contribution in [0.4, 0.5) is 0 Å². The summed E-state index contributed by atoms with van der Waals surface area (Å²) in [5, 5.41) is 1.02. The van der Waals surface area contributed by atoms with E-state index >= 15 is 0 Å². The van der Waals surface area contributed by atoms with Gasteiger partial charge < -0.3 is 14.5 Å². The van der Waals surface area contributed by atoms with E-state index in [-0.39, 0.29) is 11.8 Å². The molecule has 2 amide bonds. The molecule has 2 atom stereocenters. The van der Waals surface area contributed by atoms with Gasteiger partial charge in [-0.15, -0.1) is 11.3 Å². The first-order valence-electron chi connectivity index (χ1n) is 8.89. The van der Waals surface area contributed by atoms with Gasteiger partial charge in [-0.25, -0.2) is 8.42 Å². The largest absolute Gasteiger partial charge is 0.378 e. The summed E-state index contributed by atoms with van der Waals surface area (Å²) in [5.41, 5.74) is 0. The number of likely N-dealkylation sites (tertiary alicyclic amines) is 1. The lowest BCUT2D eigenvalue weighted by Gasteiger charge is -2.32. The fraction of sp³-hybridized carbons (Fsp3) is 0.529. The summed E-state index contributed by atoms with van der Waals surface area (Å²) >= 11 is 7.08. The zero-order valence-corrected chi connectivity index (χ0v) is 17.7. The van der Waals surface area contributed by atoms with Crippen LogP contribution in [0.1, 0.15) is 18.2 Å². The molecule has 2 aliphatic rings. The van der Waals surface area contributed by atoms with Crippen LogP contribution in [0.3, 0.4) is 0 Å². The van der Waals surface area contributed by atoms with Crippen molar-refractivity contribution in [2.24, 2.45) is 0 Å². The van der Waals surface area contributed by atoms with Gasteiger partial charge in [0.25, 0.3) is 0 Å². The van der Waals surface area contributed by atoms with Crippen LogP contribution in [0.5, 0.6) is 0 Å². The second-order valence-electron chi connectivity index (χ2n) is 6.59. The molecule has 0 aromatic carbocycles. The van der Waals surface area contributed by atoms with Crippen molar-refractivity contribution in [3.63, 3.8) is 0 Å². The van der Waals surface area contributed by atoms with Crippen molar-refractivity contribution in [3.8, 4) is 0 Å². The Morgan fingerprint density at radius 1 is 1.36 bits per heavy atom. The summed E-state index contributed by atoms with van der Waals surface area (Å²) in [5.74, 6) is -0.528. The minimum absolute atomic E-state index is 0.144. The van der Waals surface area contributed by atoms with Gasteiger partial charge in [-0.3, -0.25) is 9.59 Å². The molecule has 1 unspecified atom stereocenters. The normalized spacial score (nSPS) is 22.2. The third kappa shape index (κ3) is 5.12. The molecular formula is C17H22ClN3O5S2. The van der Waals surface area contributed by atoms with E-state index in [0.29, 0.717) is 48.5 Å². The number of ether oxygens (including phenoxy) is 1. The molecule has 3 rings (SSSR count). The highest BCUT2D eigenvalue weighted by atomic mass is 35.5. The first-order chi connectivity index (χ1) is 13.3. The quantitative estimate of drug-likeness (QED) is 0.705. The number of carbonyl (C=O) groups is 2. The summed E-state index contributed by atoms with van der Waals surface area (Å²) in [4.78, 5) is 29.1. The smallest absolute Gasteiger partial charge is 0.245 e. The third-order valence-electron chi connectivity index (χ3n) is 4.70. The molecule has 0 bridgehead atoms. The first-order valence-corrected chi connectivity index (χ1v) is 11.6. The van der Waals surface area contributed by atoms with Crippen LogP contribution in [0.2, 0.25) is 4.34 Å². The lowest BCUT2D eigenvalue weighted by atomic mass is 10.2. The van der Waals surface area contributed by atoms with Gasteiger partial charge in [-0.05, 0) is 31.6 Å². The predicted molar refractivity (Wildman–Crippen MR) is 107 cm³/mol. The highest BCUT2D eigenvalue weighted by Gasteiger charge is 2.39. The molecule has 1 N–H and O–H groups in total. The van der Waals surface area contributed by atoms with Crippen molar-refractivity contribution in [2.45, 2.75) is 25.4 Å². The predicted octanol–water partition coefficient (Wildman–Crippen LogP) is 1.14. The molecule has 0 spiro atoms. The molecule has 2 saturated heterocycles. The van der Waals surface area contributed by atoms with Crippen molar-refractivity contribution in [3.05, 3.63) is 26.8 Å². The molecule has 1 aromatic rings. The summed E-state index contributed by atoms with van der Waals surface area (Å²) in [6.07, 6.45) is 1.75. The number of amides is 2. The molecule has 2 aliphatic heterocycles. The standard InChI is InChI=1S/C17H22ClN3O5S2/c1-12(16(22)20-7-9-26-10-8-20)21-6-4-14(17(21)23)19-28(24,25)11-5-13-2-3-15(18)27-13/h2-3,5,11-12,14,19H,4,6-10H2,1H3/t12?,14-/m0/s1. The maximum absolute atomic E-state index is 12.7. The van der Waals surface area contributed by atoms with Crippen LogP contribution in [0.25, 0.3) is 6.08 Å². The molecule has 3 heterocycles. The maximum atomic E-state index is 12.7. The van der Waals surface area contributed by atoms with Gasteiger partial charge in [-0.2, -0.15) is 4.72 Å². The third-order valence-corrected chi connectivity index (χ3v) is 7.00. The van der Waals surface area contributed by atoms with E-state index < -0.39 is 22.1 Å². The van der Waals surface area contributed by atoms with Gasteiger partial charge in [-0.1, -0.05) is 11.6 Å². The van der Waals surface area contributed by atoms with Crippen LogP contribution in [0.15, 0.2) is 17.5 Å². The van der Waals surface area contributed by atoms with Crippen LogP contribution < -0.4 is 4.72 Å².